The number of nitrogens with zero attached hydrogens (tertiary/aromatic N) is 1. The van der Waals surface area contributed by atoms with E-state index < -0.39 is 11.6 Å². The summed E-state index contributed by atoms with van der Waals surface area (Å²) in [4.78, 5) is 4.21. The monoisotopic (exact) mass is 280 g/mol. The highest BCUT2D eigenvalue weighted by Crippen LogP contribution is 2.32. The van der Waals surface area contributed by atoms with Crippen molar-refractivity contribution in [2.45, 2.75) is 30.3 Å². The van der Waals surface area contributed by atoms with Crippen LogP contribution in [0.2, 0.25) is 0 Å². The zero-order valence-electron chi connectivity index (χ0n) is 10.7. The van der Waals surface area contributed by atoms with Gasteiger partial charge in [0.2, 0.25) is 0 Å². The van der Waals surface area contributed by atoms with Gasteiger partial charge in [-0.15, -0.1) is 0 Å². The first-order valence-corrected chi connectivity index (χ1v) is 6.62. The molecule has 0 saturated carbocycles. The van der Waals surface area contributed by atoms with Gasteiger partial charge < -0.3 is 5.73 Å². The zero-order valence-corrected chi connectivity index (χ0v) is 11.5. The standard InChI is InChI=1S/C14H14F2N2S/c1-8-3-9(2)18-13(4-8)19-14-11(15)5-10(7-17)6-12(14)16/h3-6H,7,17H2,1-2H3. The Labute approximate surface area is 115 Å². The number of aromatic nitrogens is 1. The van der Waals surface area contributed by atoms with Crippen LogP contribution in [0.5, 0.6) is 0 Å². The van der Waals surface area contributed by atoms with Gasteiger partial charge >= 0.3 is 0 Å². The van der Waals surface area contributed by atoms with E-state index in [2.05, 4.69) is 4.98 Å². The minimum absolute atomic E-state index is 0.0466. The third-order valence-corrected chi connectivity index (χ3v) is 3.59. The molecule has 0 saturated heterocycles. The molecule has 2 nitrogen and oxygen atoms in total. The van der Waals surface area contributed by atoms with Crippen LogP contribution in [-0.2, 0) is 6.54 Å². The maximum Gasteiger partial charge on any atom is 0.140 e. The van der Waals surface area contributed by atoms with Crippen molar-refractivity contribution >= 4 is 11.8 Å². The molecule has 0 aliphatic carbocycles. The summed E-state index contributed by atoms with van der Waals surface area (Å²) in [5, 5.41) is 0.579. The minimum atomic E-state index is -0.605. The van der Waals surface area contributed by atoms with Crippen molar-refractivity contribution in [3.63, 3.8) is 0 Å². The summed E-state index contributed by atoms with van der Waals surface area (Å²) in [6.07, 6.45) is 0. The Balaban J connectivity index is 2.38. The van der Waals surface area contributed by atoms with Crippen molar-refractivity contribution in [3.8, 4) is 0 Å². The van der Waals surface area contributed by atoms with Crippen LogP contribution in [0.1, 0.15) is 16.8 Å². The van der Waals surface area contributed by atoms with Gasteiger partial charge in [-0.1, -0.05) is 11.8 Å². The van der Waals surface area contributed by atoms with Crippen molar-refractivity contribution in [2.24, 2.45) is 5.73 Å². The highest BCUT2D eigenvalue weighted by atomic mass is 32.2. The van der Waals surface area contributed by atoms with Gasteiger partial charge in [0, 0.05) is 12.2 Å². The number of hydrogen-bond acceptors (Lipinski definition) is 3. The Morgan fingerprint density at radius 1 is 1.11 bits per heavy atom. The summed E-state index contributed by atoms with van der Waals surface area (Å²) in [6, 6.07) is 6.23. The van der Waals surface area contributed by atoms with E-state index in [1.165, 1.54) is 12.1 Å². The van der Waals surface area contributed by atoms with E-state index in [1.54, 1.807) is 6.07 Å². The van der Waals surface area contributed by atoms with Gasteiger partial charge in [-0.2, -0.15) is 0 Å². The largest absolute Gasteiger partial charge is 0.326 e. The van der Waals surface area contributed by atoms with Crippen LogP contribution < -0.4 is 5.73 Å². The molecule has 0 aliphatic heterocycles. The molecular formula is C14H14F2N2S. The fraction of sp³-hybridized carbons (Fsp3) is 0.214. The maximum absolute atomic E-state index is 13.8. The molecule has 0 aliphatic rings. The highest BCUT2D eigenvalue weighted by Gasteiger charge is 2.13. The molecule has 0 unspecified atom stereocenters. The van der Waals surface area contributed by atoms with E-state index in [0.717, 1.165) is 23.0 Å². The van der Waals surface area contributed by atoms with Crippen molar-refractivity contribution in [2.75, 3.05) is 0 Å². The third-order valence-electron chi connectivity index (χ3n) is 2.57. The van der Waals surface area contributed by atoms with E-state index in [1.807, 2.05) is 19.9 Å². The van der Waals surface area contributed by atoms with E-state index in [-0.39, 0.29) is 11.4 Å². The van der Waals surface area contributed by atoms with E-state index in [9.17, 15) is 8.78 Å². The highest BCUT2D eigenvalue weighted by molar-refractivity contribution is 7.99. The number of aryl methyl sites for hydroxylation is 2. The predicted octanol–water partition coefficient (Wildman–Crippen LogP) is 3.59. The van der Waals surface area contributed by atoms with Crippen LogP contribution in [0, 0.1) is 25.5 Å². The van der Waals surface area contributed by atoms with Crippen molar-refractivity contribution in [3.05, 3.63) is 52.7 Å². The predicted molar refractivity (Wildman–Crippen MR) is 72.1 cm³/mol. The molecule has 1 aromatic carbocycles. The van der Waals surface area contributed by atoms with E-state index in [0.29, 0.717) is 10.6 Å². The SMILES string of the molecule is Cc1cc(C)nc(Sc2c(F)cc(CN)cc2F)c1. The molecule has 2 rings (SSSR count). The number of pyridine rings is 1. The van der Waals surface area contributed by atoms with E-state index >= 15 is 0 Å². The van der Waals surface area contributed by atoms with Gasteiger partial charge in [-0.05, 0) is 49.2 Å². The Kier molecular flexibility index (Phi) is 4.17. The minimum Gasteiger partial charge on any atom is -0.326 e. The second-order valence-electron chi connectivity index (χ2n) is 4.32. The smallest absolute Gasteiger partial charge is 0.140 e. The molecule has 2 N–H and O–H groups in total. The lowest BCUT2D eigenvalue weighted by atomic mass is 10.2. The molecule has 2 aromatic rings. The summed E-state index contributed by atoms with van der Waals surface area (Å²) in [5.41, 5.74) is 7.65. The number of nitrogens with two attached hydrogens (primary N) is 1. The zero-order chi connectivity index (χ0) is 14.0. The first-order valence-electron chi connectivity index (χ1n) is 5.80. The van der Waals surface area contributed by atoms with Crippen LogP contribution in [0.4, 0.5) is 8.78 Å². The van der Waals surface area contributed by atoms with E-state index in [4.69, 9.17) is 5.73 Å². The summed E-state index contributed by atoms with van der Waals surface area (Å²) in [7, 11) is 0. The summed E-state index contributed by atoms with van der Waals surface area (Å²) in [5.74, 6) is -1.21. The molecule has 0 fully saturated rings. The summed E-state index contributed by atoms with van der Waals surface area (Å²) < 4.78 is 27.7. The van der Waals surface area contributed by atoms with Gasteiger partial charge in [0.05, 0.1) is 4.90 Å². The molecule has 0 radical (unpaired) electrons. The average Bonchev–Trinajstić information content (AvgIpc) is 2.32. The fourth-order valence-corrected chi connectivity index (χ4v) is 2.75. The van der Waals surface area contributed by atoms with Gasteiger partial charge in [0.15, 0.2) is 0 Å². The summed E-state index contributed by atoms with van der Waals surface area (Å²) >= 11 is 0.986. The summed E-state index contributed by atoms with van der Waals surface area (Å²) in [6.45, 7) is 3.88. The number of rotatable bonds is 3. The molecule has 0 amide bonds. The normalized spacial score (nSPS) is 10.8. The average molecular weight is 280 g/mol. The number of hydrogen-bond donors (Lipinski definition) is 1. The molecule has 19 heavy (non-hydrogen) atoms. The van der Waals surface area contributed by atoms with Crippen LogP contribution >= 0.6 is 11.8 Å². The molecule has 1 aromatic heterocycles. The third kappa shape index (κ3) is 3.30. The maximum atomic E-state index is 13.8. The van der Waals surface area contributed by atoms with Crippen LogP contribution in [-0.4, -0.2) is 4.98 Å². The molecule has 0 bridgehead atoms. The Morgan fingerprint density at radius 3 is 2.26 bits per heavy atom. The number of halogens is 2. The lowest BCUT2D eigenvalue weighted by molar-refractivity contribution is 0.537. The molecule has 100 valence electrons. The topological polar surface area (TPSA) is 38.9 Å². The second kappa shape index (κ2) is 5.67. The van der Waals surface area contributed by atoms with Gasteiger partial charge in [-0.3, -0.25) is 0 Å². The van der Waals surface area contributed by atoms with Crippen LogP contribution in [0.15, 0.2) is 34.2 Å². The quantitative estimate of drug-likeness (QED) is 0.934. The molecule has 0 atom stereocenters. The number of benzene rings is 1. The van der Waals surface area contributed by atoms with Crippen LogP contribution in [0.3, 0.4) is 0 Å². The van der Waals surface area contributed by atoms with Crippen molar-refractivity contribution in [1.29, 1.82) is 0 Å². The first kappa shape index (κ1) is 14.0. The van der Waals surface area contributed by atoms with Crippen LogP contribution in [0.25, 0.3) is 0 Å². The molecular weight excluding hydrogens is 266 g/mol. The lowest BCUT2D eigenvalue weighted by Crippen LogP contribution is -2.00. The Bertz CT molecular complexity index is 571. The lowest BCUT2D eigenvalue weighted by Gasteiger charge is -2.07. The molecule has 1 heterocycles. The first-order chi connectivity index (χ1) is 8.99. The van der Waals surface area contributed by atoms with Gasteiger partial charge in [0.1, 0.15) is 16.7 Å². The second-order valence-corrected chi connectivity index (χ2v) is 5.35. The van der Waals surface area contributed by atoms with Gasteiger partial charge in [0.25, 0.3) is 0 Å². The fourth-order valence-electron chi connectivity index (χ4n) is 1.79. The Hall–Kier alpha value is -1.46. The van der Waals surface area contributed by atoms with Gasteiger partial charge in [-0.25, -0.2) is 13.8 Å². The molecule has 5 heteroatoms. The van der Waals surface area contributed by atoms with Crippen molar-refractivity contribution < 1.29 is 8.78 Å². The molecule has 0 spiro atoms. The van der Waals surface area contributed by atoms with Crippen molar-refractivity contribution in [1.82, 2.24) is 4.98 Å². The Morgan fingerprint density at radius 2 is 1.74 bits per heavy atom.